The highest BCUT2D eigenvalue weighted by Gasteiger charge is 2.49. The number of hydrogen-bond acceptors (Lipinski definition) is 5. The van der Waals surface area contributed by atoms with Gasteiger partial charge in [-0.2, -0.15) is 4.58 Å². The molecule has 2 aromatic carbocycles. The summed E-state index contributed by atoms with van der Waals surface area (Å²) >= 11 is 0. The predicted molar refractivity (Wildman–Crippen MR) is 166 cm³/mol. The van der Waals surface area contributed by atoms with Crippen LogP contribution in [0.15, 0.2) is 60.3 Å². The van der Waals surface area contributed by atoms with Gasteiger partial charge in [-0.15, -0.1) is 0 Å². The van der Waals surface area contributed by atoms with Crippen LogP contribution in [-0.4, -0.2) is 33.2 Å². The van der Waals surface area contributed by atoms with E-state index < -0.39 is 10.8 Å². The minimum atomic E-state index is -0.574. The molecule has 0 unspecified atom stereocenters. The highest BCUT2D eigenvalue weighted by atomic mass is 16.6. The van der Waals surface area contributed by atoms with Gasteiger partial charge in [-0.1, -0.05) is 39.8 Å². The van der Waals surface area contributed by atoms with Gasteiger partial charge in [0.05, 0.1) is 26.5 Å². The molecule has 0 atom stereocenters. The SMILES string of the molecule is CC(C)CCN1/C(=C/C=C/C2=[N+](CCC(C)C)c3cccc([N+](=O)[O-])c3C2(C)C)C(C)(C)c2c1cccc2[N+](=O)[O-]. The third kappa shape index (κ3) is 5.44. The molecular weight excluding hydrogens is 516 g/mol. The molecule has 0 N–H and O–H groups in total. The van der Waals surface area contributed by atoms with Crippen molar-refractivity contribution in [3.05, 3.63) is 91.7 Å². The van der Waals surface area contributed by atoms with Crippen molar-refractivity contribution in [3.8, 4) is 0 Å². The molecule has 41 heavy (non-hydrogen) atoms. The number of nitro benzene ring substituents is 2. The summed E-state index contributed by atoms with van der Waals surface area (Å²) in [6, 6.07) is 10.7. The van der Waals surface area contributed by atoms with Gasteiger partial charge in [0.2, 0.25) is 5.69 Å². The molecule has 8 nitrogen and oxygen atoms in total. The molecule has 2 heterocycles. The number of anilines is 1. The van der Waals surface area contributed by atoms with Gasteiger partial charge in [-0.3, -0.25) is 20.2 Å². The van der Waals surface area contributed by atoms with Crippen LogP contribution in [0.3, 0.4) is 0 Å². The molecule has 0 saturated heterocycles. The molecule has 0 radical (unpaired) electrons. The topological polar surface area (TPSA) is 92.5 Å². The van der Waals surface area contributed by atoms with Crippen molar-refractivity contribution in [1.82, 2.24) is 0 Å². The Morgan fingerprint density at radius 3 is 2.02 bits per heavy atom. The van der Waals surface area contributed by atoms with Gasteiger partial charge in [0.1, 0.15) is 12.1 Å². The van der Waals surface area contributed by atoms with Crippen molar-refractivity contribution in [2.24, 2.45) is 11.8 Å². The lowest BCUT2D eigenvalue weighted by Gasteiger charge is -2.27. The molecule has 0 spiro atoms. The zero-order chi connectivity index (χ0) is 30.3. The molecule has 8 heteroatoms. The molecule has 2 aliphatic heterocycles. The Morgan fingerprint density at radius 1 is 0.854 bits per heavy atom. The van der Waals surface area contributed by atoms with E-state index in [0.29, 0.717) is 11.8 Å². The highest BCUT2D eigenvalue weighted by Crippen LogP contribution is 2.52. The number of benzene rings is 2. The van der Waals surface area contributed by atoms with E-state index in [9.17, 15) is 20.2 Å². The van der Waals surface area contributed by atoms with E-state index in [1.165, 1.54) is 0 Å². The second-order valence-corrected chi connectivity index (χ2v) is 13.1. The largest absolute Gasteiger partial charge is 0.344 e. The normalized spacial score (nSPS) is 18.2. The molecule has 0 amide bonds. The quantitative estimate of drug-likeness (QED) is 0.166. The summed E-state index contributed by atoms with van der Waals surface area (Å²) in [5, 5.41) is 24.0. The lowest BCUT2D eigenvalue weighted by atomic mass is 9.80. The lowest BCUT2D eigenvalue weighted by Crippen LogP contribution is -2.29. The number of nitro groups is 2. The average molecular weight is 560 g/mol. The molecule has 0 aromatic heterocycles. The summed E-state index contributed by atoms with van der Waals surface area (Å²) in [5.74, 6) is 0.965. The van der Waals surface area contributed by atoms with E-state index in [0.717, 1.165) is 59.8 Å². The van der Waals surface area contributed by atoms with Gasteiger partial charge >= 0.3 is 0 Å². The van der Waals surface area contributed by atoms with Crippen LogP contribution in [-0.2, 0) is 10.8 Å². The summed E-state index contributed by atoms with van der Waals surface area (Å²) < 4.78 is 2.23. The van der Waals surface area contributed by atoms with E-state index >= 15 is 0 Å². The van der Waals surface area contributed by atoms with E-state index in [-0.39, 0.29) is 21.2 Å². The zero-order valence-electron chi connectivity index (χ0n) is 25.6. The molecule has 2 aromatic rings. The Labute approximate surface area is 243 Å². The summed E-state index contributed by atoms with van der Waals surface area (Å²) in [4.78, 5) is 25.7. The van der Waals surface area contributed by atoms with E-state index in [1.807, 2.05) is 18.2 Å². The first-order valence-electron chi connectivity index (χ1n) is 14.6. The van der Waals surface area contributed by atoms with E-state index in [4.69, 9.17) is 0 Å². The Kier molecular flexibility index (Phi) is 8.25. The second-order valence-electron chi connectivity index (χ2n) is 13.1. The summed E-state index contributed by atoms with van der Waals surface area (Å²) in [7, 11) is 0. The maximum atomic E-state index is 12.0. The highest BCUT2D eigenvalue weighted by molar-refractivity contribution is 6.04. The number of nitrogens with zero attached hydrogens (tertiary/aromatic N) is 4. The molecule has 0 fully saturated rings. The molecule has 218 valence electrons. The molecule has 4 rings (SSSR count). The van der Waals surface area contributed by atoms with Gasteiger partial charge in [-0.25, -0.2) is 0 Å². The predicted octanol–water partition coefficient (Wildman–Crippen LogP) is 8.21. The Morgan fingerprint density at radius 2 is 1.44 bits per heavy atom. The summed E-state index contributed by atoms with van der Waals surface area (Å²) in [6.45, 7) is 18.4. The standard InChI is InChI=1S/C33H43N4O4/c1-22(2)18-20-34-24-12-9-14-26(36(38)39)30(24)32(5,6)28(34)16-11-17-29-33(7,8)31-25(35(29)21-19-23(3)4)13-10-15-27(31)37(40)41/h9-17,22-23H,18-21H2,1-8H3/q+1. The van der Waals surface area contributed by atoms with Crippen molar-refractivity contribution in [2.45, 2.75) is 79.1 Å². The maximum absolute atomic E-state index is 12.0. The number of allylic oxidation sites excluding steroid dienone is 4. The van der Waals surface area contributed by atoms with Crippen LogP contribution in [0, 0.1) is 32.1 Å². The van der Waals surface area contributed by atoms with E-state index in [1.54, 1.807) is 24.3 Å². The van der Waals surface area contributed by atoms with Crippen LogP contribution in [0.25, 0.3) is 0 Å². The maximum Gasteiger partial charge on any atom is 0.280 e. The van der Waals surface area contributed by atoms with Crippen molar-refractivity contribution in [1.29, 1.82) is 0 Å². The van der Waals surface area contributed by atoms with Gasteiger partial charge in [0, 0.05) is 48.4 Å². The third-order valence-corrected chi connectivity index (χ3v) is 8.50. The first-order chi connectivity index (χ1) is 19.2. The summed E-state index contributed by atoms with van der Waals surface area (Å²) in [6.07, 6.45) is 8.07. The van der Waals surface area contributed by atoms with E-state index in [2.05, 4.69) is 77.0 Å². The van der Waals surface area contributed by atoms with Gasteiger partial charge in [0.25, 0.3) is 11.4 Å². The Hall–Kier alpha value is -3.81. The number of rotatable bonds is 10. The smallest absolute Gasteiger partial charge is 0.280 e. The molecule has 0 saturated carbocycles. The van der Waals surface area contributed by atoms with Crippen LogP contribution in [0.2, 0.25) is 0 Å². The van der Waals surface area contributed by atoms with Gasteiger partial charge in [0.15, 0.2) is 5.71 Å². The third-order valence-electron chi connectivity index (χ3n) is 8.50. The number of fused-ring (bicyclic) bond motifs is 2. The molecular formula is C33H43N4O4+. The van der Waals surface area contributed by atoms with Gasteiger partial charge < -0.3 is 4.90 Å². The lowest BCUT2D eigenvalue weighted by molar-refractivity contribution is -0.440. The fourth-order valence-corrected chi connectivity index (χ4v) is 6.37. The van der Waals surface area contributed by atoms with Crippen LogP contribution in [0.4, 0.5) is 22.7 Å². The fourth-order valence-electron chi connectivity index (χ4n) is 6.37. The number of hydrogen-bond donors (Lipinski definition) is 0. The second kappa shape index (κ2) is 11.2. The molecule has 0 bridgehead atoms. The van der Waals surface area contributed by atoms with Gasteiger partial charge in [-0.05, 0) is 64.2 Å². The minimum absolute atomic E-state index is 0.142. The monoisotopic (exact) mass is 559 g/mol. The van der Waals surface area contributed by atoms with Crippen LogP contribution < -0.4 is 4.90 Å². The molecule has 2 aliphatic rings. The first-order valence-corrected chi connectivity index (χ1v) is 14.6. The van der Waals surface area contributed by atoms with Crippen LogP contribution in [0.1, 0.15) is 79.4 Å². The van der Waals surface area contributed by atoms with Crippen molar-refractivity contribution >= 4 is 28.5 Å². The first kappa shape index (κ1) is 30.2. The van der Waals surface area contributed by atoms with Crippen molar-refractivity contribution < 1.29 is 14.4 Å². The zero-order valence-corrected chi connectivity index (χ0v) is 25.6. The Bertz CT molecular complexity index is 1460. The van der Waals surface area contributed by atoms with Crippen LogP contribution >= 0.6 is 0 Å². The Balaban J connectivity index is 1.84. The van der Waals surface area contributed by atoms with Crippen LogP contribution in [0.5, 0.6) is 0 Å². The average Bonchev–Trinajstić information content (AvgIpc) is 3.24. The minimum Gasteiger partial charge on any atom is -0.344 e. The molecule has 0 aliphatic carbocycles. The van der Waals surface area contributed by atoms with Crippen molar-refractivity contribution in [3.63, 3.8) is 0 Å². The fraction of sp³-hybridized carbons (Fsp3) is 0.485. The summed E-state index contributed by atoms with van der Waals surface area (Å²) in [5.41, 5.74) is 4.41. The van der Waals surface area contributed by atoms with Crippen molar-refractivity contribution in [2.75, 3.05) is 18.0 Å².